The van der Waals surface area contributed by atoms with Gasteiger partial charge in [0.15, 0.2) is 0 Å². The van der Waals surface area contributed by atoms with E-state index in [1.54, 1.807) is 6.07 Å². The third-order valence-corrected chi connectivity index (χ3v) is 4.69. The number of rotatable bonds is 4. The average Bonchev–Trinajstić information content (AvgIpc) is 2.64. The van der Waals surface area contributed by atoms with Crippen LogP contribution >= 0.6 is 0 Å². The number of aliphatic hydroxyl groups is 1. The molecule has 3 rings (SSSR count). The first kappa shape index (κ1) is 18.0. The van der Waals surface area contributed by atoms with Crippen molar-refractivity contribution in [2.75, 3.05) is 23.3 Å². The average molecular weight is 349 g/mol. The molecule has 0 saturated carbocycles. The van der Waals surface area contributed by atoms with E-state index in [2.05, 4.69) is 16.3 Å². The molecule has 1 aliphatic rings. The molecule has 1 fully saturated rings. The second kappa shape index (κ2) is 8.03. The predicted molar refractivity (Wildman–Crippen MR) is 102 cm³/mol. The summed E-state index contributed by atoms with van der Waals surface area (Å²) in [7, 11) is 0. The lowest BCUT2D eigenvalue weighted by Gasteiger charge is -2.32. The van der Waals surface area contributed by atoms with E-state index >= 15 is 0 Å². The number of nitrogens with one attached hydrogen (secondary N) is 1. The number of aliphatic hydroxyl groups excluding tert-OH is 1. The van der Waals surface area contributed by atoms with Gasteiger partial charge in [0.05, 0.1) is 23.8 Å². The first-order valence-corrected chi connectivity index (χ1v) is 8.87. The summed E-state index contributed by atoms with van der Waals surface area (Å²) in [5.74, 6) is -0.105. The number of nitrogens with zero attached hydrogens (tertiary/aromatic N) is 2. The summed E-state index contributed by atoms with van der Waals surface area (Å²) in [6, 6.07) is 15.5. The summed E-state index contributed by atoms with van der Waals surface area (Å²) >= 11 is 0. The zero-order valence-electron chi connectivity index (χ0n) is 14.9. The monoisotopic (exact) mass is 349 g/mol. The second-order valence-corrected chi connectivity index (χ2v) is 6.77. The van der Waals surface area contributed by atoms with E-state index in [1.807, 2.05) is 43.3 Å². The molecule has 0 aliphatic carbocycles. The summed E-state index contributed by atoms with van der Waals surface area (Å²) in [4.78, 5) is 14.4. The van der Waals surface area contributed by atoms with Crippen LogP contribution in [0.3, 0.4) is 0 Å². The maximum absolute atomic E-state index is 12.3. The summed E-state index contributed by atoms with van der Waals surface area (Å²) in [6.45, 7) is 3.47. The first-order valence-electron chi connectivity index (χ1n) is 8.87. The molecule has 0 atom stereocenters. The van der Waals surface area contributed by atoms with Crippen LogP contribution in [-0.4, -0.2) is 30.2 Å². The highest BCUT2D eigenvalue weighted by Crippen LogP contribution is 2.26. The Kier molecular flexibility index (Phi) is 5.55. The van der Waals surface area contributed by atoms with Gasteiger partial charge in [0, 0.05) is 18.8 Å². The van der Waals surface area contributed by atoms with E-state index in [9.17, 15) is 15.2 Å². The fourth-order valence-electron chi connectivity index (χ4n) is 3.18. The Balaban J connectivity index is 1.68. The summed E-state index contributed by atoms with van der Waals surface area (Å²) in [5.41, 5.74) is 4.13. The number of anilines is 2. The number of carbonyl (C=O) groups excluding carboxylic acids is 1. The van der Waals surface area contributed by atoms with Crippen molar-refractivity contribution < 1.29 is 9.90 Å². The highest BCUT2D eigenvalue weighted by Gasteiger charge is 2.19. The highest BCUT2D eigenvalue weighted by atomic mass is 16.3. The highest BCUT2D eigenvalue weighted by molar-refractivity contribution is 5.92. The van der Waals surface area contributed by atoms with Crippen LogP contribution in [0, 0.1) is 18.3 Å². The molecule has 0 bridgehead atoms. The minimum absolute atomic E-state index is 0.105. The largest absolute Gasteiger partial charge is 0.393 e. The fraction of sp³-hybridized carbons (Fsp3) is 0.333. The quantitative estimate of drug-likeness (QED) is 0.890. The SMILES string of the molecule is Cc1ccc(CC(=O)Nc2ccc(N3CCC(O)CC3)c(C#N)c2)cc1. The molecule has 26 heavy (non-hydrogen) atoms. The Bertz CT molecular complexity index is 816. The summed E-state index contributed by atoms with van der Waals surface area (Å²) < 4.78 is 0. The molecule has 0 radical (unpaired) electrons. The molecule has 0 spiro atoms. The van der Waals surface area contributed by atoms with Gasteiger partial charge in [-0.05, 0) is 43.5 Å². The van der Waals surface area contributed by atoms with Crippen molar-refractivity contribution >= 4 is 17.3 Å². The van der Waals surface area contributed by atoms with Gasteiger partial charge in [0.2, 0.25) is 5.91 Å². The maximum Gasteiger partial charge on any atom is 0.228 e. The molecule has 0 unspecified atom stereocenters. The van der Waals surface area contributed by atoms with Gasteiger partial charge < -0.3 is 15.3 Å². The Morgan fingerprint density at radius 2 is 1.92 bits per heavy atom. The molecule has 0 aromatic heterocycles. The summed E-state index contributed by atoms with van der Waals surface area (Å²) in [6.07, 6.45) is 1.46. The lowest BCUT2D eigenvalue weighted by atomic mass is 10.0. The number of benzene rings is 2. The Labute approximate surface area is 153 Å². The molecule has 1 saturated heterocycles. The number of hydrogen-bond acceptors (Lipinski definition) is 4. The van der Waals surface area contributed by atoms with Crippen LogP contribution in [0.5, 0.6) is 0 Å². The fourth-order valence-corrected chi connectivity index (χ4v) is 3.18. The second-order valence-electron chi connectivity index (χ2n) is 6.77. The lowest BCUT2D eigenvalue weighted by Crippen LogP contribution is -2.36. The van der Waals surface area contributed by atoms with Gasteiger partial charge in [-0.25, -0.2) is 0 Å². The van der Waals surface area contributed by atoms with Crippen LogP contribution in [0.4, 0.5) is 11.4 Å². The smallest absolute Gasteiger partial charge is 0.228 e. The van der Waals surface area contributed by atoms with Crippen LogP contribution in [0.25, 0.3) is 0 Å². The topological polar surface area (TPSA) is 76.4 Å². The zero-order valence-corrected chi connectivity index (χ0v) is 14.9. The van der Waals surface area contributed by atoms with E-state index < -0.39 is 0 Å². The van der Waals surface area contributed by atoms with Crippen molar-refractivity contribution in [2.24, 2.45) is 0 Å². The Morgan fingerprint density at radius 3 is 2.58 bits per heavy atom. The normalized spacial score (nSPS) is 14.7. The van der Waals surface area contributed by atoms with E-state index in [-0.39, 0.29) is 12.0 Å². The molecule has 5 nitrogen and oxygen atoms in total. The predicted octanol–water partition coefficient (Wildman–Crippen LogP) is 3.01. The van der Waals surface area contributed by atoms with Crippen molar-refractivity contribution in [3.8, 4) is 6.07 Å². The van der Waals surface area contributed by atoms with Gasteiger partial charge in [-0.3, -0.25) is 4.79 Å². The molecule has 5 heteroatoms. The van der Waals surface area contributed by atoms with Gasteiger partial charge in [0.25, 0.3) is 0 Å². The van der Waals surface area contributed by atoms with Crippen molar-refractivity contribution in [3.63, 3.8) is 0 Å². The van der Waals surface area contributed by atoms with E-state index in [0.717, 1.165) is 29.9 Å². The molecule has 2 aromatic rings. The molecule has 134 valence electrons. The minimum atomic E-state index is -0.253. The molecule has 2 aromatic carbocycles. The molecule has 1 heterocycles. The van der Waals surface area contributed by atoms with E-state index in [1.165, 1.54) is 0 Å². The van der Waals surface area contributed by atoms with Crippen molar-refractivity contribution in [3.05, 3.63) is 59.2 Å². The molecular weight excluding hydrogens is 326 g/mol. The van der Waals surface area contributed by atoms with Crippen molar-refractivity contribution in [1.29, 1.82) is 5.26 Å². The number of aryl methyl sites for hydroxylation is 1. The Hall–Kier alpha value is -2.84. The van der Waals surface area contributed by atoms with Crippen molar-refractivity contribution in [1.82, 2.24) is 0 Å². The van der Waals surface area contributed by atoms with Gasteiger partial charge >= 0.3 is 0 Å². The van der Waals surface area contributed by atoms with Crippen LogP contribution in [0.15, 0.2) is 42.5 Å². The lowest BCUT2D eigenvalue weighted by molar-refractivity contribution is -0.115. The minimum Gasteiger partial charge on any atom is -0.393 e. The standard InChI is InChI=1S/C21H23N3O2/c1-15-2-4-16(5-3-15)12-21(26)23-18-6-7-20(17(13-18)14-22)24-10-8-19(25)9-11-24/h2-7,13,19,25H,8-12H2,1H3,(H,23,26). The van der Waals surface area contributed by atoms with Crippen LogP contribution in [-0.2, 0) is 11.2 Å². The van der Waals surface area contributed by atoms with E-state index in [4.69, 9.17) is 0 Å². The van der Waals surface area contributed by atoms with Crippen molar-refractivity contribution in [2.45, 2.75) is 32.3 Å². The van der Waals surface area contributed by atoms with Crippen LogP contribution < -0.4 is 10.2 Å². The molecule has 1 amide bonds. The van der Waals surface area contributed by atoms with Crippen LogP contribution in [0.2, 0.25) is 0 Å². The third-order valence-electron chi connectivity index (χ3n) is 4.69. The van der Waals surface area contributed by atoms with Gasteiger partial charge in [-0.2, -0.15) is 5.26 Å². The number of piperidine rings is 1. The zero-order chi connectivity index (χ0) is 18.5. The molecular formula is C21H23N3O2. The first-order chi connectivity index (χ1) is 12.5. The molecule has 2 N–H and O–H groups in total. The maximum atomic E-state index is 12.3. The van der Waals surface area contributed by atoms with E-state index in [0.29, 0.717) is 30.5 Å². The number of hydrogen-bond donors (Lipinski definition) is 2. The van der Waals surface area contributed by atoms with Crippen LogP contribution in [0.1, 0.15) is 29.5 Å². The molecule has 1 aliphatic heterocycles. The number of carbonyl (C=O) groups is 1. The van der Waals surface area contributed by atoms with Gasteiger partial charge in [-0.15, -0.1) is 0 Å². The number of amides is 1. The van der Waals surface area contributed by atoms with Gasteiger partial charge in [-0.1, -0.05) is 29.8 Å². The van der Waals surface area contributed by atoms with Gasteiger partial charge in [0.1, 0.15) is 6.07 Å². The Morgan fingerprint density at radius 1 is 1.23 bits per heavy atom. The third kappa shape index (κ3) is 4.41. The summed E-state index contributed by atoms with van der Waals surface area (Å²) in [5, 5.41) is 22.0. The number of nitriles is 1.